The first-order chi connectivity index (χ1) is 15.9. The SMILES string of the molecule is CC1(C)C2CC=C(C=Nn3c(-c4ccccc4F)csc3=Nc3ccccc3[N+](=O)[O-])C1C2. The normalized spacial score (nSPS) is 21.7. The van der Waals surface area contributed by atoms with Gasteiger partial charge < -0.3 is 0 Å². The molecule has 2 unspecified atom stereocenters. The lowest BCUT2D eigenvalue weighted by Crippen LogP contribution is -2.48. The zero-order valence-electron chi connectivity index (χ0n) is 18.3. The van der Waals surface area contributed by atoms with Crippen molar-refractivity contribution in [2.75, 3.05) is 0 Å². The van der Waals surface area contributed by atoms with Crippen molar-refractivity contribution in [1.29, 1.82) is 0 Å². The Morgan fingerprint density at radius 1 is 1.21 bits per heavy atom. The molecule has 168 valence electrons. The number of nitro benzene ring substituents is 1. The zero-order valence-corrected chi connectivity index (χ0v) is 19.1. The average molecular weight is 463 g/mol. The first-order valence-corrected chi connectivity index (χ1v) is 11.7. The Kier molecular flexibility index (Phi) is 5.32. The number of para-hydroxylation sites is 2. The van der Waals surface area contributed by atoms with Crippen molar-refractivity contribution in [3.8, 4) is 11.3 Å². The molecule has 0 N–H and O–H groups in total. The molecular formula is C25H23FN4O2S. The minimum atomic E-state index is -0.459. The predicted molar refractivity (Wildman–Crippen MR) is 128 cm³/mol. The van der Waals surface area contributed by atoms with Gasteiger partial charge in [0.1, 0.15) is 11.5 Å². The number of allylic oxidation sites excluding steroid dienone is 2. The molecule has 0 amide bonds. The van der Waals surface area contributed by atoms with Crippen LogP contribution in [-0.4, -0.2) is 15.8 Å². The van der Waals surface area contributed by atoms with E-state index in [1.54, 1.807) is 46.5 Å². The fourth-order valence-corrected chi connectivity index (χ4v) is 5.67. The third-order valence-corrected chi connectivity index (χ3v) is 7.78. The van der Waals surface area contributed by atoms with Gasteiger partial charge in [-0.1, -0.05) is 44.2 Å². The quantitative estimate of drug-likeness (QED) is 0.253. The maximum atomic E-state index is 14.6. The van der Waals surface area contributed by atoms with Crippen molar-refractivity contribution >= 4 is 28.9 Å². The fourth-order valence-electron chi connectivity index (χ4n) is 4.83. The number of rotatable bonds is 5. The maximum absolute atomic E-state index is 14.6. The molecule has 0 aliphatic heterocycles. The summed E-state index contributed by atoms with van der Waals surface area (Å²) in [5, 5.41) is 18.0. The van der Waals surface area contributed by atoms with Crippen molar-refractivity contribution in [2.45, 2.75) is 26.7 Å². The van der Waals surface area contributed by atoms with E-state index in [0.717, 1.165) is 12.8 Å². The summed E-state index contributed by atoms with van der Waals surface area (Å²) in [5.74, 6) is 0.801. The summed E-state index contributed by atoms with van der Waals surface area (Å²) in [6.45, 7) is 4.59. The highest BCUT2D eigenvalue weighted by Crippen LogP contribution is 2.58. The standard InChI is InChI=1S/C25H23FN4O2S/c1-25(2)17-12-11-16(19(25)13-17)14-27-29-23(18-7-3-4-8-20(18)26)15-33-24(29)28-21-9-5-6-10-22(21)30(31)32/h3-11,14-15,17,19H,12-13H2,1-2H3. The van der Waals surface area contributed by atoms with Gasteiger partial charge in [0.25, 0.3) is 5.69 Å². The third-order valence-electron chi connectivity index (χ3n) is 6.96. The Morgan fingerprint density at radius 3 is 2.70 bits per heavy atom. The summed E-state index contributed by atoms with van der Waals surface area (Å²) in [7, 11) is 0. The average Bonchev–Trinajstić information content (AvgIpc) is 3.20. The van der Waals surface area contributed by atoms with Gasteiger partial charge in [0, 0.05) is 17.0 Å². The molecule has 1 fully saturated rings. The Balaban J connectivity index is 1.64. The second-order valence-corrected chi connectivity index (χ2v) is 9.88. The summed E-state index contributed by atoms with van der Waals surface area (Å²) in [6.07, 6.45) is 6.28. The van der Waals surface area contributed by atoms with E-state index < -0.39 is 4.92 Å². The highest BCUT2D eigenvalue weighted by Gasteiger charge is 2.50. The van der Waals surface area contributed by atoms with Gasteiger partial charge in [0.15, 0.2) is 0 Å². The monoisotopic (exact) mass is 462 g/mol. The molecule has 0 saturated heterocycles. The van der Waals surface area contributed by atoms with E-state index in [9.17, 15) is 14.5 Å². The zero-order chi connectivity index (χ0) is 23.2. The van der Waals surface area contributed by atoms with Gasteiger partial charge in [-0.25, -0.2) is 14.1 Å². The number of nitrogens with zero attached hydrogens (tertiary/aromatic N) is 4. The van der Waals surface area contributed by atoms with Crippen LogP contribution in [0.3, 0.4) is 0 Å². The number of benzene rings is 2. The third kappa shape index (κ3) is 3.74. The molecule has 3 aliphatic rings. The lowest BCUT2D eigenvalue weighted by molar-refractivity contribution is -0.384. The summed E-state index contributed by atoms with van der Waals surface area (Å²) in [4.78, 5) is 16.0. The Bertz CT molecular complexity index is 1370. The molecule has 1 aromatic heterocycles. The molecule has 8 heteroatoms. The maximum Gasteiger partial charge on any atom is 0.294 e. The van der Waals surface area contributed by atoms with Crippen LogP contribution in [0.2, 0.25) is 0 Å². The van der Waals surface area contributed by atoms with E-state index in [1.165, 1.54) is 29.0 Å². The summed E-state index contributed by atoms with van der Waals surface area (Å²) in [6, 6.07) is 12.8. The second kappa shape index (κ2) is 8.19. The minimum Gasteiger partial charge on any atom is -0.258 e. The second-order valence-electron chi connectivity index (χ2n) is 9.04. The molecule has 1 heterocycles. The van der Waals surface area contributed by atoms with E-state index in [0.29, 0.717) is 27.9 Å². The number of aromatic nitrogens is 1. The molecule has 2 aromatic carbocycles. The molecule has 0 spiro atoms. The van der Waals surface area contributed by atoms with Crippen molar-refractivity contribution in [1.82, 2.24) is 4.68 Å². The van der Waals surface area contributed by atoms with Crippen LogP contribution >= 0.6 is 11.3 Å². The van der Waals surface area contributed by atoms with E-state index in [-0.39, 0.29) is 22.6 Å². The molecule has 1 saturated carbocycles. The van der Waals surface area contributed by atoms with Crippen molar-refractivity contribution < 1.29 is 9.31 Å². The van der Waals surface area contributed by atoms with Crippen molar-refractivity contribution in [2.24, 2.45) is 27.3 Å². The Labute approximate surface area is 194 Å². The molecule has 3 aliphatic carbocycles. The first kappa shape index (κ1) is 21.5. The molecule has 6 rings (SSSR count). The number of hydrogen-bond acceptors (Lipinski definition) is 5. The lowest BCUT2D eigenvalue weighted by Gasteiger charge is -2.55. The van der Waals surface area contributed by atoms with Gasteiger partial charge in [0.05, 0.1) is 16.8 Å². The largest absolute Gasteiger partial charge is 0.294 e. The van der Waals surface area contributed by atoms with Crippen LogP contribution in [-0.2, 0) is 0 Å². The molecule has 6 nitrogen and oxygen atoms in total. The summed E-state index contributed by atoms with van der Waals surface area (Å²) in [5.41, 5.74) is 2.52. The van der Waals surface area contributed by atoms with Crippen LogP contribution in [0.15, 0.2) is 75.7 Å². The number of hydrogen-bond donors (Lipinski definition) is 0. The van der Waals surface area contributed by atoms with E-state index >= 15 is 0 Å². The van der Waals surface area contributed by atoms with Gasteiger partial charge in [-0.2, -0.15) is 5.10 Å². The van der Waals surface area contributed by atoms with Crippen LogP contribution in [0.1, 0.15) is 26.7 Å². The van der Waals surface area contributed by atoms with Gasteiger partial charge >= 0.3 is 0 Å². The summed E-state index contributed by atoms with van der Waals surface area (Å²) >= 11 is 1.27. The topological polar surface area (TPSA) is 72.8 Å². The van der Waals surface area contributed by atoms with Gasteiger partial charge in [-0.05, 0) is 53.9 Å². The van der Waals surface area contributed by atoms with Gasteiger partial charge in [-0.3, -0.25) is 10.1 Å². The summed E-state index contributed by atoms with van der Waals surface area (Å²) < 4.78 is 16.2. The van der Waals surface area contributed by atoms with Gasteiger partial charge in [-0.15, -0.1) is 11.3 Å². The van der Waals surface area contributed by atoms with E-state index in [2.05, 4.69) is 24.9 Å². The van der Waals surface area contributed by atoms with Gasteiger partial charge in [0.2, 0.25) is 4.80 Å². The lowest BCUT2D eigenvalue weighted by atomic mass is 9.49. The molecule has 0 radical (unpaired) electrons. The van der Waals surface area contributed by atoms with Crippen LogP contribution in [0.5, 0.6) is 0 Å². The van der Waals surface area contributed by atoms with Crippen LogP contribution in [0.25, 0.3) is 11.3 Å². The predicted octanol–water partition coefficient (Wildman–Crippen LogP) is 6.32. The Morgan fingerprint density at radius 2 is 1.97 bits per heavy atom. The number of halogens is 1. The fraction of sp³-hybridized carbons (Fsp3) is 0.280. The molecule has 2 bridgehead atoms. The smallest absolute Gasteiger partial charge is 0.258 e. The van der Waals surface area contributed by atoms with Crippen LogP contribution in [0, 0.1) is 33.2 Å². The van der Waals surface area contributed by atoms with E-state index in [4.69, 9.17) is 5.10 Å². The van der Waals surface area contributed by atoms with E-state index in [1.807, 2.05) is 6.21 Å². The molecule has 2 atom stereocenters. The van der Waals surface area contributed by atoms with Crippen molar-refractivity contribution in [3.63, 3.8) is 0 Å². The Hall–Kier alpha value is -3.39. The highest BCUT2D eigenvalue weighted by molar-refractivity contribution is 7.07. The molecular weight excluding hydrogens is 439 g/mol. The van der Waals surface area contributed by atoms with Crippen molar-refractivity contribution in [3.05, 3.63) is 86.3 Å². The molecule has 33 heavy (non-hydrogen) atoms. The van der Waals surface area contributed by atoms with Crippen LogP contribution in [0.4, 0.5) is 15.8 Å². The number of nitro groups is 1. The minimum absolute atomic E-state index is 0.0916. The molecule has 3 aromatic rings. The number of thiazole rings is 1. The first-order valence-electron chi connectivity index (χ1n) is 10.8. The number of fused-ring (bicyclic) bond motifs is 1. The highest BCUT2D eigenvalue weighted by atomic mass is 32.1. The van der Waals surface area contributed by atoms with Crippen LogP contribution < -0.4 is 4.80 Å².